The van der Waals surface area contributed by atoms with Gasteiger partial charge in [-0.3, -0.25) is 9.59 Å². The van der Waals surface area contributed by atoms with Crippen LogP contribution in [-0.4, -0.2) is 41.6 Å². The van der Waals surface area contributed by atoms with Crippen molar-refractivity contribution in [2.75, 3.05) is 19.7 Å². The highest BCUT2D eigenvalue weighted by Crippen LogP contribution is 2.40. The van der Waals surface area contributed by atoms with Gasteiger partial charge in [-0.2, -0.15) is 0 Å². The maximum absolute atomic E-state index is 12.3. The number of aliphatic carboxylic acids is 1. The predicted molar refractivity (Wildman–Crippen MR) is 76.0 cm³/mol. The van der Waals surface area contributed by atoms with Gasteiger partial charge in [-0.25, -0.2) is 0 Å². The van der Waals surface area contributed by atoms with E-state index in [1.54, 1.807) is 17.0 Å². The zero-order valence-corrected chi connectivity index (χ0v) is 12.1. The quantitative estimate of drug-likeness (QED) is 0.927. The van der Waals surface area contributed by atoms with Crippen molar-refractivity contribution in [3.05, 3.63) is 34.9 Å². The summed E-state index contributed by atoms with van der Waals surface area (Å²) >= 11 is 5.86. The largest absolute Gasteiger partial charge is 0.481 e. The average Bonchev–Trinajstić information content (AvgIpc) is 3.28. The summed E-state index contributed by atoms with van der Waals surface area (Å²) < 4.78 is 5.71. The monoisotopic (exact) mass is 309 g/mol. The molecule has 112 valence electrons. The molecule has 0 spiro atoms. The summed E-state index contributed by atoms with van der Waals surface area (Å²) in [5, 5.41) is 9.58. The van der Waals surface area contributed by atoms with Crippen molar-refractivity contribution in [1.82, 2.24) is 4.90 Å². The lowest BCUT2D eigenvalue weighted by Gasteiger charge is -2.33. The van der Waals surface area contributed by atoms with Crippen molar-refractivity contribution in [3.8, 4) is 0 Å². The molecule has 0 aromatic heterocycles. The molecule has 21 heavy (non-hydrogen) atoms. The first kappa shape index (κ1) is 14.4. The van der Waals surface area contributed by atoms with Crippen LogP contribution in [0, 0.1) is 11.8 Å². The van der Waals surface area contributed by atoms with Gasteiger partial charge in [0.15, 0.2) is 0 Å². The fourth-order valence-corrected chi connectivity index (χ4v) is 2.83. The number of carboxylic acid groups (broad SMARTS) is 1. The molecule has 1 saturated heterocycles. The summed E-state index contributed by atoms with van der Waals surface area (Å²) in [4.78, 5) is 24.9. The molecule has 5 nitrogen and oxygen atoms in total. The highest BCUT2D eigenvalue weighted by Gasteiger charge is 2.50. The maximum Gasteiger partial charge on any atom is 0.307 e. The first-order valence-corrected chi connectivity index (χ1v) is 7.32. The average molecular weight is 310 g/mol. The third kappa shape index (κ3) is 3.04. The fraction of sp³-hybridized carbons (Fsp3) is 0.467. The molecule has 1 N–H and O–H groups in total. The molecule has 1 aliphatic heterocycles. The van der Waals surface area contributed by atoms with Crippen LogP contribution in [0.2, 0.25) is 5.02 Å². The van der Waals surface area contributed by atoms with Gasteiger partial charge in [-0.15, -0.1) is 0 Å². The predicted octanol–water partition coefficient (Wildman–Crippen LogP) is 1.96. The molecule has 0 radical (unpaired) electrons. The molecular formula is C15H16ClNO4. The SMILES string of the molecule is O=C(O)C1CC1C(=O)N1CCOC(c2ccc(Cl)cc2)C1. The van der Waals surface area contributed by atoms with E-state index in [2.05, 4.69) is 0 Å². The smallest absolute Gasteiger partial charge is 0.307 e. The highest BCUT2D eigenvalue weighted by atomic mass is 35.5. The van der Waals surface area contributed by atoms with E-state index in [4.69, 9.17) is 21.4 Å². The van der Waals surface area contributed by atoms with Gasteiger partial charge in [0.25, 0.3) is 0 Å². The summed E-state index contributed by atoms with van der Waals surface area (Å²) in [6.45, 7) is 1.44. The minimum Gasteiger partial charge on any atom is -0.481 e. The van der Waals surface area contributed by atoms with Crippen LogP contribution in [0.4, 0.5) is 0 Å². The van der Waals surface area contributed by atoms with Crippen molar-refractivity contribution in [2.45, 2.75) is 12.5 Å². The molecule has 1 aromatic carbocycles. The van der Waals surface area contributed by atoms with Crippen molar-refractivity contribution in [3.63, 3.8) is 0 Å². The van der Waals surface area contributed by atoms with Gasteiger partial charge < -0.3 is 14.7 Å². The Hall–Kier alpha value is -1.59. The van der Waals surface area contributed by atoms with Gasteiger partial charge in [0.2, 0.25) is 5.91 Å². The van der Waals surface area contributed by atoms with Crippen molar-refractivity contribution < 1.29 is 19.4 Å². The lowest BCUT2D eigenvalue weighted by atomic mass is 10.1. The highest BCUT2D eigenvalue weighted by molar-refractivity contribution is 6.30. The van der Waals surface area contributed by atoms with Gasteiger partial charge in [-0.1, -0.05) is 23.7 Å². The Kier molecular flexibility index (Phi) is 3.87. The van der Waals surface area contributed by atoms with Crippen LogP contribution >= 0.6 is 11.6 Å². The number of carboxylic acids is 1. The third-order valence-corrected chi connectivity index (χ3v) is 4.30. The molecule has 1 heterocycles. The van der Waals surface area contributed by atoms with E-state index in [9.17, 15) is 9.59 Å². The molecule has 6 heteroatoms. The Morgan fingerprint density at radius 1 is 1.24 bits per heavy atom. The van der Waals surface area contributed by atoms with E-state index < -0.39 is 11.9 Å². The normalized spacial score (nSPS) is 28.2. The van der Waals surface area contributed by atoms with Gasteiger partial charge in [-0.05, 0) is 24.1 Å². The second-order valence-electron chi connectivity index (χ2n) is 5.48. The van der Waals surface area contributed by atoms with E-state index in [-0.39, 0.29) is 17.9 Å². The molecule has 1 amide bonds. The van der Waals surface area contributed by atoms with Crippen LogP contribution in [0.15, 0.2) is 24.3 Å². The van der Waals surface area contributed by atoms with Gasteiger partial charge in [0.05, 0.1) is 25.0 Å². The molecule has 1 aromatic rings. The molecule has 1 aliphatic carbocycles. The lowest BCUT2D eigenvalue weighted by Crippen LogP contribution is -2.43. The zero-order valence-electron chi connectivity index (χ0n) is 11.4. The molecule has 3 unspecified atom stereocenters. The Morgan fingerprint density at radius 3 is 2.57 bits per heavy atom. The molecule has 2 fully saturated rings. The van der Waals surface area contributed by atoms with Crippen LogP contribution < -0.4 is 0 Å². The summed E-state index contributed by atoms with van der Waals surface area (Å²) in [7, 11) is 0. The topological polar surface area (TPSA) is 66.8 Å². The van der Waals surface area contributed by atoms with E-state index in [0.29, 0.717) is 31.1 Å². The maximum atomic E-state index is 12.3. The number of amides is 1. The molecule has 3 atom stereocenters. The standard InChI is InChI=1S/C15H16ClNO4/c16-10-3-1-9(2-4-10)13-8-17(5-6-21-13)14(18)11-7-12(11)15(19)20/h1-4,11-13H,5-8H2,(H,19,20). The van der Waals surface area contributed by atoms with E-state index in [1.165, 1.54) is 0 Å². The summed E-state index contributed by atoms with van der Waals surface area (Å²) in [6, 6.07) is 7.36. The minimum atomic E-state index is -0.879. The summed E-state index contributed by atoms with van der Waals surface area (Å²) in [5.74, 6) is -1.80. The molecule has 0 bridgehead atoms. The summed E-state index contributed by atoms with van der Waals surface area (Å²) in [5.41, 5.74) is 0.975. The first-order valence-electron chi connectivity index (χ1n) is 6.95. The van der Waals surface area contributed by atoms with Crippen LogP contribution in [0.3, 0.4) is 0 Å². The number of carbonyl (C=O) groups excluding carboxylic acids is 1. The molecular weight excluding hydrogens is 294 g/mol. The number of carbonyl (C=O) groups is 2. The van der Waals surface area contributed by atoms with E-state index in [0.717, 1.165) is 5.56 Å². The lowest BCUT2D eigenvalue weighted by molar-refractivity contribution is -0.145. The molecule has 1 saturated carbocycles. The number of benzene rings is 1. The number of hydrogen-bond acceptors (Lipinski definition) is 3. The number of halogens is 1. The summed E-state index contributed by atoms with van der Waals surface area (Å²) in [6.07, 6.45) is 0.277. The second-order valence-corrected chi connectivity index (χ2v) is 5.92. The van der Waals surface area contributed by atoms with Crippen molar-refractivity contribution in [2.24, 2.45) is 11.8 Å². The van der Waals surface area contributed by atoms with E-state index >= 15 is 0 Å². The number of nitrogens with zero attached hydrogens (tertiary/aromatic N) is 1. The van der Waals surface area contributed by atoms with Crippen LogP contribution in [0.1, 0.15) is 18.1 Å². The van der Waals surface area contributed by atoms with Crippen LogP contribution in [0.5, 0.6) is 0 Å². The number of hydrogen-bond donors (Lipinski definition) is 1. The van der Waals surface area contributed by atoms with Gasteiger partial charge in [0.1, 0.15) is 6.10 Å². The van der Waals surface area contributed by atoms with Crippen LogP contribution in [0.25, 0.3) is 0 Å². The van der Waals surface area contributed by atoms with Crippen molar-refractivity contribution in [1.29, 1.82) is 0 Å². The Labute approximate surface area is 127 Å². The number of morpholine rings is 1. The minimum absolute atomic E-state index is 0.0651. The Morgan fingerprint density at radius 2 is 1.95 bits per heavy atom. The third-order valence-electron chi connectivity index (χ3n) is 4.04. The zero-order chi connectivity index (χ0) is 15.0. The van der Waals surface area contributed by atoms with Crippen molar-refractivity contribution >= 4 is 23.5 Å². The fourth-order valence-electron chi connectivity index (χ4n) is 2.70. The second kappa shape index (κ2) is 5.66. The Bertz CT molecular complexity index is 559. The van der Waals surface area contributed by atoms with Gasteiger partial charge in [0, 0.05) is 11.6 Å². The van der Waals surface area contributed by atoms with Crippen LogP contribution in [-0.2, 0) is 14.3 Å². The van der Waals surface area contributed by atoms with Gasteiger partial charge >= 0.3 is 5.97 Å². The van der Waals surface area contributed by atoms with E-state index in [1.807, 2.05) is 12.1 Å². The Balaban J connectivity index is 1.65. The molecule has 2 aliphatic rings. The first-order chi connectivity index (χ1) is 10.1. The number of ether oxygens (including phenoxy) is 1. The number of rotatable bonds is 3. The molecule has 3 rings (SSSR count).